The minimum atomic E-state index is -0.0814. The van der Waals surface area contributed by atoms with Crippen LogP contribution in [0.25, 0.3) is 0 Å². The summed E-state index contributed by atoms with van der Waals surface area (Å²) in [6, 6.07) is 12.9. The third-order valence-electron chi connectivity index (χ3n) is 5.04. The molecule has 0 aromatic heterocycles. The normalized spacial score (nSPS) is 17.5. The largest absolute Gasteiger partial charge is 0.496 e. The molecule has 1 unspecified atom stereocenters. The van der Waals surface area contributed by atoms with E-state index >= 15 is 0 Å². The van der Waals surface area contributed by atoms with Crippen molar-refractivity contribution in [3.63, 3.8) is 0 Å². The number of Topliss-reactive ketones (excluding diaryl/α,β-unsaturated/α-hetero) is 2. The number of halogens is 1. The number of piperidine rings is 1. The lowest BCUT2D eigenvalue weighted by Gasteiger charge is -2.32. The second-order valence-corrected chi connectivity index (χ2v) is 7.48. The molecular formula is C22H24ClNO3. The molecule has 3 rings (SSSR count). The van der Waals surface area contributed by atoms with Gasteiger partial charge in [-0.1, -0.05) is 29.8 Å². The molecule has 1 saturated heterocycles. The third-order valence-corrected chi connectivity index (χ3v) is 5.28. The van der Waals surface area contributed by atoms with E-state index in [1.807, 2.05) is 24.3 Å². The Morgan fingerprint density at radius 3 is 2.78 bits per heavy atom. The maximum absolute atomic E-state index is 13.1. The van der Waals surface area contributed by atoms with Gasteiger partial charge in [-0.2, -0.15) is 0 Å². The number of carbonyl (C=O) groups is 2. The number of likely N-dealkylation sites (tertiary alicyclic amines) is 1. The van der Waals surface area contributed by atoms with Crippen LogP contribution in [0.2, 0.25) is 5.02 Å². The molecule has 0 amide bonds. The van der Waals surface area contributed by atoms with Crippen LogP contribution in [0.15, 0.2) is 42.5 Å². The lowest BCUT2D eigenvalue weighted by Crippen LogP contribution is -2.38. The van der Waals surface area contributed by atoms with Crippen LogP contribution in [0.1, 0.15) is 46.0 Å². The smallest absolute Gasteiger partial charge is 0.170 e. The van der Waals surface area contributed by atoms with Crippen LogP contribution in [-0.4, -0.2) is 36.7 Å². The summed E-state index contributed by atoms with van der Waals surface area (Å²) in [5, 5.41) is 0.535. The summed E-state index contributed by atoms with van der Waals surface area (Å²) in [6.07, 6.45) is 1.82. The van der Waals surface area contributed by atoms with E-state index in [0.29, 0.717) is 22.9 Å². The monoisotopic (exact) mass is 385 g/mol. The molecule has 0 aliphatic carbocycles. The van der Waals surface area contributed by atoms with Gasteiger partial charge >= 0.3 is 0 Å². The average molecular weight is 386 g/mol. The summed E-state index contributed by atoms with van der Waals surface area (Å²) >= 11 is 6.09. The molecule has 1 heterocycles. The van der Waals surface area contributed by atoms with E-state index in [9.17, 15) is 9.59 Å². The molecule has 0 spiro atoms. The van der Waals surface area contributed by atoms with Crippen LogP contribution in [0.3, 0.4) is 0 Å². The molecule has 2 aromatic rings. The fourth-order valence-corrected chi connectivity index (χ4v) is 3.82. The first-order valence-electron chi connectivity index (χ1n) is 9.18. The highest BCUT2D eigenvalue weighted by atomic mass is 35.5. The van der Waals surface area contributed by atoms with Crippen LogP contribution in [0, 0.1) is 5.92 Å². The van der Waals surface area contributed by atoms with Crippen molar-refractivity contribution < 1.29 is 14.3 Å². The Bertz CT molecular complexity index is 849. The number of benzene rings is 2. The molecule has 27 heavy (non-hydrogen) atoms. The van der Waals surface area contributed by atoms with Crippen LogP contribution in [0.5, 0.6) is 5.75 Å². The van der Waals surface area contributed by atoms with Crippen molar-refractivity contribution in [2.45, 2.75) is 26.3 Å². The van der Waals surface area contributed by atoms with E-state index in [1.165, 1.54) is 0 Å². The Balaban J connectivity index is 1.73. The topological polar surface area (TPSA) is 46.6 Å². The maximum Gasteiger partial charge on any atom is 0.170 e. The van der Waals surface area contributed by atoms with Gasteiger partial charge in [0.05, 0.1) is 12.7 Å². The summed E-state index contributed by atoms with van der Waals surface area (Å²) in [5.41, 5.74) is 2.37. The van der Waals surface area contributed by atoms with Gasteiger partial charge < -0.3 is 4.74 Å². The van der Waals surface area contributed by atoms with Crippen molar-refractivity contribution in [3.8, 4) is 5.75 Å². The molecule has 0 saturated carbocycles. The van der Waals surface area contributed by atoms with Crippen LogP contribution in [0.4, 0.5) is 0 Å². The van der Waals surface area contributed by atoms with Crippen LogP contribution in [-0.2, 0) is 6.54 Å². The molecule has 2 aromatic carbocycles. The number of ketones is 2. The van der Waals surface area contributed by atoms with E-state index in [1.54, 1.807) is 32.2 Å². The molecule has 1 aliphatic heterocycles. The summed E-state index contributed by atoms with van der Waals surface area (Å²) in [6.45, 7) is 3.95. The summed E-state index contributed by atoms with van der Waals surface area (Å²) in [4.78, 5) is 26.9. The summed E-state index contributed by atoms with van der Waals surface area (Å²) in [7, 11) is 1.56. The van der Waals surface area contributed by atoms with Gasteiger partial charge in [0, 0.05) is 29.6 Å². The van der Waals surface area contributed by atoms with Crippen molar-refractivity contribution >= 4 is 23.2 Å². The molecule has 1 fully saturated rings. The van der Waals surface area contributed by atoms with E-state index in [2.05, 4.69) is 4.90 Å². The van der Waals surface area contributed by atoms with Crippen molar-refractivity contribution in [1.29, 1.82) is 0 Å². The van der Waals surface area contributed by atoms with Crippen molar-refractivity contribution in [2.24, 2.45) is 5.92 Å². The van der Waals surface area contributed by atoms with Gasteiger partial charge in [0.25, 0.3) is 0 Å². The van der Waals surface area contributed by atoms with Gasteiger partial charge in [0.1, 0.15) is 5.75 Å². The Hall–Kier alpha value is -2.17. The zero-order valence-corrected chi connectivity index (χ0v) is 16.5. The zero-order valence-electron chi connectivity index (χ0n) is 15.7. The highest BCUT2D eigenvalue weighted by molar-refractivity contribution is 6.31. The highest BCUT2D eigenvalue weighted by Crippen LogP contribution is 2.29. The fraction of sp³-hybridized carbons (Fsp3) is 0.364. The SMILES string of the molecule is COc1ccc(Cl)cc1C(=O)C1CCCN(Cc2cccc(C(C)=O)c2)C1. The van der Waals surface area contributed by atoms with E-state index < -0.39 is 0 Å². The van der Waals surface area contributed by atoms with Gasteiger partial charge in [-0.05, 0) is 56.1 Å². The van der Waals surface area contributed by atoms with E-state index in [0.717, 1.165) is 37.1 Å². The number of hydrogen-bond acceptors (Lipinski definition) is 4. The molecule has 142 valence electrons. The Morgan fingerprint density at radius 1 is 1.22 bits per heavy atom. The number of hydrogen-bond donors (Lipinski definition) is 0. The number of rotatable bonds is 6. The van der Waals surface area contributed by atoms with Gasteiger partial charge in [0.15, 0.2) is 11.6 Å². The molecule has 1 aliphatic rings. The summed E-state index contributed by atoms with van der Waals surface area (Å²) in [5.74, 6) is 0.630. The molecule has 0 N–H and O–H groups in total. The standard InChI is InChI=1S/C22H24ClNO3/c1-15(25)17-6-3-5-16(11-17)13-24-10-4-7-18(14-24)22(26)20-12-19(23)8-9-21(20)27-2/h3,5-6,8-9,11-12,18H,4,7,10,13-14H2,1-2H3. The van der Waals surface area contributed by atoms with Crippen LogP contribution >= 0.6 is 11.6 Å². The fourth-order valence-electron chi connectivity index (χ4n) is 3.65. The third kappa shape index (κ3) is 4.76. The lowest BCUT2D eigenvalue weighted by molar-refractivity contribution is 0.0808. The molecule has 0 bridgehead atoms. The second-order valence-electron chi connectivity index (χ2n) is 7.04. The number of methoxy groups -OCH3 is 1. The average Bonchev–Trinajstić information content (AvgIpc) is 2.67. The highest BCUT2D eigenvalue weighted by Gasteiger charge is 2.28. The van der Waals surface area contributed by atoms with Crippen molar-refractivity contribution in [2.75, 3.05) is 20.2 Å². The van der Waals surface area contributed by atoms with Crippen molar-refractivity contribution in [3.05, 3.63) is 64.2 Å². The van der Waals surface area contributed by atoms with E-state index in [-0.39, 0.29) is 17.5 Å². The molecule has 0 radical (unpaired) electrons. The molecule has 5 heteroatoms. The lowest BCUT2D eigenvalue weighted by atomic mass is 9.89. The Kier molecular flexibility index (Phi) is 6.30. The number of nitrogens with zero attached hydrogens (tertiary/aromatic N) is 1. The second kappa shape index (κ2) is 8.68. The maximum atomic E-state index is 13.1. The first-order chi connectivity index (χ1) is 13.0. The minimum Gasteiger partial charge on any atom is -0.496 e. The Morgan fingerprint density at radius 2 is 2.04 bits per heavy atom. The van der Waals surface area contributed by atoms with Gasteiger partial charge in [0.2, 0.25) is 0 Å². The summed E-state index contributed by atoms with van der Waals surface area (Å²) < 4.78 is 5.35. The van der Waals surface area contributed by atoms with Crippen LogP contribution < -0.4 is 4.74 Å². The van der Waals surface area contributed by atoms with E-state index in [4.69, 9.17) is 16.3 Å². The quantitative estimate of drug-likeness (QED) is 0.679. The molecular weight excluding hydrogens is 362 g/mol. The molecule has 1 atom stereocenters. The zero-order chi connectivity index (χ0) is 19.4. The van der Waals surface area contributed by atoms with Gasteiger partial charge in [-0.15, -0.1) is 0 Å². The van der Waals surface area contributed by atoms with Crippen molar-refractivity contribution in [1.82, 2.24) is 4.90 Å². The predicted octanol–water partition coefficient (Wildman–Crippen LogP) is 4.65. The number of carbonyl (C=O) groups excluding carboxylic acids is 2. The molecule has 4 nitrogen and oxygen atoms in total. The van der Waals surface area contributed by atoms with Gasteiger partial charge in [-0.3, -0.25) is 14.5 Å². The predicted molar refractivity (Wildman–Crippen MR) is 107 cm³/mol. The first-order valence-corrected chi connectivity index (χ1v) is 9.55. The first kappa shape index (κ1) is 19.6. The Labute approximate surface area is 165 Å². The number of ether oxygens (including phenoxy) is 1. The van der Waals surface area contributed by atoms with Gasteiger partial charge in [-0.25, -0.2) is 0 Å². The minimum absolute atomic E-state index is 0.0663.